The van der Waals surface area contributed by atoms with Crippen LogP contribution in [-0.4, -0.2) is 245 Å². The maximum atomic E-state index is 14.1. The van der Waals surface area contributed by atoms with Gasteiger partial charge in [-0.1, -0.05) is 26.0 Å². The number of methoxy groups -OCH3 is 2. The molecule has 0 saturated heterocycles. The molecule has 546 valence electrons. The number of fused-ring (bicyclic) bond motifs is 4. The van der Waals surface area contributed by atoms with Crippen LogP contribution in [0.4, 0.5) is 17.1 Å². The van der Waals surface area contributed by atoms with E-state index in [9.17, 15) is 38.4 Å². The van der Waals surface area contributed by atoms with E-state index in [1.165, 1.54) is 44.8 Å². The van der Waals surface area contributed by atoms with E-state index in [-0.39, 0.29) is 87.4 Å². The third-order valence-electron chi connectivity index (χ3n) is 17.0. The van der Waals surface area contributed by atoms with Crippen LogP contribution in [0.25, 0.3) is 5.57 Å². The lowest BCUT2D eigenvalue weighted by Crippen LogP contribution is -2.53. The number of amides is 8. The molecule has 5 aliphatic heterocycles. The second-order valence-electron chi connectivity index (χ2n) is 24.7. The molecule has 4 N–H and O–H groups in total. The predicted molar refractivity (Wildman–Crippen MR) is 370 cm³/mol. The Hall–Kier alpha value is -8.94. The fourth-order valence-corrected chi connectivity index (χ4v) is 11.3. The van der Waals surface area contributed by atoms with Gasteiger partial charge in [0.15, 0.2) is 23.0 Å². The van der Waals surface area contributed by atoms with Gasteiger partial charge in [-0.05, 0) is 79.0 Å². The zero-order chi connectivity index (χ0) is 71.5. The quantitative estimate of drug-likeness (QED) is 0.0412. The van der Waals surface area contributed by atoms with E-state index in [1.54, 1.807) is 73.2 Å². The molecule has 0 unspecified atom stereocenters. The molecule has 1 aliphatic carbocycles. The average Bonchev–Trinajstić information content (AvgIpc) is 1.65. The van der Waals surface area contributed by atoms with Gasteiger partial charge in [-0.25, -0.2) is 0 Å². The topological polar surface area (TPSA) is 330 Å². The molecule has 29 heteroatoms. The summed E-state index contributed by atoms with van der Waals surface area (Å²) in [5.41, 5.74) is 5.33. The molecular weight excluding hydrogens is 1310 g/mol. The van der Waals surface area contributed by atoms with E-state index < -0.39 is 35.7 Å². The van der Waals surface area contributed by atoms with Crippen molar-refractivity contribution in [2.75, 3.05) is 152 Å². The summed E-state index contributed by atoms with van der Waals surface area (Å²) in [6.07, 6.45) is 14.0. The first kappa shape index (κ1) is 76.2. The Morgan fingerprint density at radius 1 is 0.535 bits per heavy atom. The summed E-state index contributed by atoms with van der Waals surface area (Å²) in [4.78, 5) is 116. The molecule has 6 aliphatic rings. The van der Waals surface area contributed by atoms with Gasteiger partial charge in [0, 0.05) is 93.6 Å². The van der Waals surface area contributed by atoms with Gasteiger partial charge in [0.05, 0.1) is 168 Å². The largest absolute Gasteiger partial charge is 0.493 e. The van der Waals surface area contributed by atoms with Crippen molar-refractivity contribution >= 4 is 82.3 Å². The molecule has 9 rings (SSSR count). The molecule has 0 aromatic heterocycles. The molecule has 3 aromatic rings. The second kappa shape index (κ2) is 39.3. The minimum Gasteiger partial charge on any atom is -0.493 e. The van der Waals surface area contributed by atoms with Crippen LogP contribution in [0.3, 0.4) is 0 Å². The van der Waals surface area contributed by atoms with Gasteiger partial charge in [-0.15, -0.1) is 0 Å². The summed E-state index contributed by atoms with van der Waals surface area (Å²) in [5.74, 6) is -0.819. The lowest BCUT2D eigenvalue weighted by molar-refractivity contribution is -0.137. The number of anilines is 1. The molecule has 0 radical (unpaired) electrons. The lowest BCUT2D eigenvalue weighted by Gasteiger charge is -2.24. The van der Waals surface area contributed by atoms with Crippen LogP contribution < -0.4 is 40.2 Å². The van der Waals surface area contributed by atoms with Gasteiger partial charge in [-0.3, -0.25) is 53.2 Å². The van der Waals surface area contributed by atoms with Gasteiger partial charge in [0.25, 0.3) is 23.6 Å². The summed E-state index contributed by atoms with van der Waals surface area (Å²) in [5, 5.41) is 11.0. The number of carbonyl (C=O) groups is 8. The van der Waals surface area contributed by atoms with Gasteiger partial charge >= 0.3 is 0 Å². The Balaban J connectivity index is 0.570. The summed E-state index contributed by atoms with van der Waals surface area (Å²) in [6.45, 7) is 11.7. The zero-order valence-electron chi connectivity index (χ0n) is 58.0. The van der Waals surface area contributed by atoms with Crippen molar-refractivity contribution < 1.29 is 95.2 Å². The number of nitrogens with one attached hydrogen (secondary N) is 4. The van der Waals surface area contributed by atoms with E-state index in [1.807, 2.05) is 30.7 Å². The molecule has 3 aromatic carbocycles. The van der Waals surface area contributed by atoms with Crippen molar-refractivity contribution in [2.24, 2.45) is 21.8 Å². The lowest BCUT2D eigenvalue weighted by atomic mass is 10.0. The van der Waals surface area contributed by atoms with Crippen LogP contribution in [-0.2, 0) is 66.7 Å². The highest BCUT2D eigenvalue weighted by molar-refractivity contribution is 6.13. The smallest absolute Gasteiger partial charge is 0.260 e. The number of imide groups is 1. The predicted octanol–water partition coefficient (Wildman–Crippen LogP) is 5.29. The van der Waals surface area contributed by atoms with Gasteiger partial charge in [-0.2, -0.15) is 0 Å². The Labute approximate surface area is 587 Å². The van der Waals surface area contributed by atoms with E-state index in [2.05, 4.69) is 21.3 Å². The summed E-state index contributed by atoms with van der Waals surface area (Å²) in [6, 6.07) is 11.7. The Morgan fingerprint density at radius 2 is 1.02 bits per heavy atom. The van der Waals surface area contributed by atoms with E-state index in [0.29, 0.717) is 169 Å². The molecule has 5 heterocycles. The molecule has 101 heavy (non-hydrogen) atoms. The molecule has 8 amide bonds. The first-order chi connectivity index (χ1) is 49.1. The van der Waals surface area contributed by atoms with Crippen LogP contribution in [0.5, 0.6) is 23.0 Å². The third kappa shape index (κ3) is 22.8. The van der Waals surface area contributed by atoms with Gasteiger partial charge in [0.2, 0.25) is 23.6 Å². The van der Waals surface area contributed by atoms with Gasteiger partial charge in [0.1, 0.15) is 12.1 Å². The molecular formula is C72H93N9O20. The first-order valence-corrected chi connectivity index (χ1v) is 34.4. The Kier molecular flexibility index (Phi) is 29.7. The highest BCUT2D eigenvalue weighted by Crippen LogP contribution is 2.45. The minimum atomic E-state index is -0.938. The van der Waals surface area contributed by atoms with Crippen LogP contribution in [0.2, 0.25) is 0 Å². The standard InChI is InChI=1S/C72H93N9O20/c1-47(2)68(78-65(83)16-21-92-23-25-94-27-29-96-31-33-98-35-36-99-34-32-97-30-28-95-26-24-93-22-17-73-64(82)15-18-79-66(84)13-14-67(79)85)70(87)76-48(3)69(86)77-53-11-9-50(10-12-53)52-38-55-44-75-59-42-63(61(91-5)40-57(59)72(89)81(55)46-52)101-20-6-19-100-62-41-58-56(39-60(62)90-4)71(88)80-45-51(49-7-8-49)37-54(80)43-74-58/h9-14,39-49,54-55,68H,6-8,15-38H2,1-5H3,(H,73,82)(H,76,87)(H,77,86)(H,78,83)/t48-,54-,55-,68-/m0/s1. The maximum absolute atomic E-state index is 14.1. The van der Waals surface area contributed by atoms with Crippen LogP contribution >= 0.6 is 0 Å². The van der Waals surface area contributed by atoms with Crippen molar-refractivity contribution in [1.29, 1.82) is 0 Å². The number of nitrogens with zero attached hydrogens (tertiary/aromatic N) is 5. The maximum Gasteiger partial charge on any atom is 0.260 e. The number of hydrogen-bond donors (Lipinski definition) is 4. The molecule has 1 saturated carbocycles. The Morgan fingerprint density at radius 3 is 1.51 bits per heavy atom. The summed E-state index contributed by atoms with van der Waals surface area (Å²) < 4.78 is 67.7. The molecule has 0 bridgehead atoms. The molecule has 0 spiro atoms. The van der Waals surface area contributed by atoms with Crippen molar-refractivity contribution in [1.82, 2.24) is 30.7 Å². The molecule has 4 atom stereocenters. The van der Waals surface area contributed by atoms with Crippen LogP contribution in [0.1, 0.15) is 92.0 Å². The number of benzene rings is 3. The molecule has 29 nitrogen and oxygen atoms in total. The monoisotopic (exact) mass is 1400 g/mol. The Bertz CT molecular complexity index is 3500. The number of carbonyl (C=O) groups excluding carboxylic acids is 8. The first-order valence-electron chi connectivity index (χ1n) is 34.4. The van der Waals surface area contributed by atoms with Crippen molar-refractivity contribution in [3.05, 3.63) is 95.3 Å². The number of ether oxygens (including phenoxy) is 12. The van der Waals surface area contributed by atoms with E-state index in [4.69, 9.17) is 66.8 Å². The second-order valence-corrected chi connectivity index (χ2v) is 24.7. The van der Waals surface area contributed by atoms with Gasteiger partial charge < -0.3 is 87.9 Å². The number of rotatable bonds is 46. The summed E-state index contributed by atoms with van der Waals surface area (Å²) in [7, 11) is 3.05. The van der Waals surface area contributed by atoms with Crippen molar-refractivity contribution in [2.45, 2.75) is 89.9 Å². The fraction of sp³-hybridized carbons (Fsp3) is 0.528. The SMILES string of the molecule is COc1cc2c(cc1OCCCOc1cc3c(cc1OC)C(=O)N1C=C(C4CC4)C[C@H]1C=N3)N=C[C@@H]1CC(c3ccc(NC(=O)[C@H](C)NC(=O)[C@@H](NC(=O)CCOCCOCCOCCOCCOCCOCCOCCOCCNC(=O)CCN4C(=O)C=CC4=O)C(C)C)cc3)=CN1C2=O. The highest BCUT2D eigenvalue weighted by Gasteiger charge is 2.39. The van der Waals surface area contributed by atoms with Crippen LogP contribution in [0.15, 0.2) is 88.6 Å². The average molecular weight is 1400 g/mol. The zero-order valence-corrected chi connectivity index (χ0v) is 58.0. The number of aliphatic imine (C=N–C) groups is 2. The third-order valence-corrected chi connectivity index (χ3v) is 17.0. The highest BCUT2D eigenvalue weighted by atomic mass is 16.6. The van der Waals surface area contributed by atoms with E-state index >= 15 is 0 Å². The fourth-order valence-electron chi connectivity index (χ4n) is 11.3. The summed E-state index contributed by atoms with van der Waals surface area (Å²) >= 11 is 0. The van der Waals surface area contributed by atoms with Crippen LogP contribution in [0, 0.1) is 11.8 Å². The molecule has 1 fully saturated rings. The van der Waals surface area contributed by atoms with Crippen molar-refractivity contribution in [3.63, 3.8) is 0 Å². The number of hydrogen-bond acceptors (Lipinski definition) is 22. The normalized spacial score (nSPS) is 17.2. The van der Waals surface area contributed by atoms with Crippen molar-refractivity contribution in [3.8, 4) is 23.0 Å². The minimum absolute atomic E-state index is 0.0148. The van der Waals surface area contributed by atoms with E-state index in [0.717, 1.165) is 22.5 Å².